The number of nitrogens with one attached hydrogen (secondary N) is 3. The molecule has 0 aliphatic carbocycles. The Morgan fingerprint density at radius 1 is 0.976 bits per heavy atom. The van der Waals surface area contributed by atoms with Gasteiger partial charge in [-0.05, 0) is 58.7 Å². The molecule has 3 amide bonds. The van der Waals surface area contributed by atoms with E-state index in [1.54, 1.807) is 33.1 Å². The van der Waals surface area contributed by atoms with Gasteiger partial charge < -0.3 is 29.9 Å². The molecule has 0 radical (unpaired) electrons. The van der Waals surface area contributed by atoms with Gasteiger partial charge >= 0.3 is 12.1 Å². The van der Waals surface area contributed by atoms with Crippen molar-refractivity contribution < 1.29 is 33.1 Å². The number of carbonyl (C=O) groups is 4. The van der Waals surface area contributed by atoms with Gasteiger partial charge in [0.25, 0.3) is 0 Å². The monoisotopic (exact) mass is 614 g/mol. The van der Waals surface area contributed by atoms with Crippen molar-refractivity contribution in [1.82, 2.24) is 20.9 Å². The molecule has 11 nitrogen and oxygen atoms in total. The van der Waals surface area contributed by atoms with Gasteiger partial charge in [0, 0.05) is 5.38 Å². The standard InChI is InChI=1S/C28H50N4O7SSi/c1-13-17(3)21(24-31-20(16-40-24)25(35)37-14-2)32-23(34)19(15-38-41(11,12)28(8,9)10)30-22(33)18(4)29-26(36)39-27(5,6)7/h16-19,21H,13-15H2,1-12H3,(H,29,36)(H,30,33)(H,32,34)/t17-,18+,19+,21+/m0/s1. The average Bonchev–Trinajstić information content (AvgIpc) is 3.32. The smallest absolute Gasteiger partial charge is 0.408 e. The Hall–Kier alpha value is -2.51. The first-order valence-corrected chi connectivity index (χ1v) is 17.9. The summed E-state index contributed by atoms with van der Waals surface area (Å²) in [6, 6.07) is -2.52. The molecule has 0 fully saturated rings. The lowest BCUT2D eigenvalue weighted by molar-refractivity contribution is -0.131. The van der Waals surface area contributed by atoms with E-state index in [9.17, 15) is 19.2 Å². The van der Waals surface area contributed by atoms with E-state index in [1.807, 2.05) is 13.8 Å². The Kier molecular flexibility index (Phi) is 13.4. The SMILES string of the molecule is CCOC(=O)c1csc([C@H](NC(=O)[C@@H](CO[Si](C)(C)C(C)(C)C)NC(=O)[C@@H](C)NC(=O)OC(C)(C)C)[C@@H](C)CC)n1. The molecule has 1 rings (SSSR count). The molecule has 1 heterocycles. The van der Waals surface area contributed by atoms with E-state index in [4.69, 9.17) is 13.9 Å². The minimum absolute atomic E-state index is 0.0226. The summed E-state index contributed by atoms with van der Waals surface area (Å²) in [5.41, 5.74) is -0.546. The maximum Gasteiger partial charge on any atom is 0.408 e. The first-order valence-electron chi connectivity index (χ1n) is 14.1. The number of aromatic nitrogens is 1. The van der Waals surface area contributed by atoms with Crippen LogP contribution in [0.4, 0.5) is 4.79 Å². The summed E-state index contributed by atoms with van der Waals surface area (Å²) < 4.78 is 16.6. The van der Waals surface area contributed by atoms with Crippen LogP contribution in [0.2, 0.25) is 18.1 Å². The van der Waals surface area contributed by atoms with Crippen LogP contribution in [-0.4, -0.2) is 68.1 Å². The minimum atomic E-state index is -2.28. The van der Waals surface area contributed by atoms with Gasteiger partial charge in [0.05, 0.1) is 19.3 Å². The summed E-state index contributed by atoms with van der Waals surface area (Å²) in [6.45, 7) is 22.9. The first-order chi connectivity index (χ1) is 18.7. The lowest BCUT2D eigenvalue weighted by atomic mass is 9.99. The van der Waals surface area contributed by atoms with Crippen LogP contribution in [0.1, 0.15) is 97.2 Å². The van der Waals surface area contributed by atoms with Crippen molar-refractivity contribution in [3.8, 4) is 0 Å². The van der Waals surface area contributed by atoms with Crippen LogP contribution in [0.3, 0.4) is 0 Å². The van der Waals surface area contributed by atoms with E-state index in [0.29, 0.717) is 5.01 Å². The van der Waals surface area contributed by atoms with Gasteiger partial charge in [-0.15, -0.1) is 11.3 Å². The van der Waals surface area contributed by atoms with Crippen LogP contribution in [0.5, 0.6) is 0 Å². The van der Waals surface area contributed by atoms with Crippen molar-refractivity contribution in [1.29, 1.82) is 0 Å². The van der Waals surface area contributed by atoms with Crippen LogP contribution in [0.25, 0.3) is 0 Å². The Labute approximate surface area is 250 Å². The number of ether oxygens (including phenoxy) is 2. The minimum Gasteiger partial charge on any atom is -0.461 e. The van der Waals surface area contributed by atoms with Gasteiger partial charge in [-0.1, -0.05) is 41.0 Å². The van der Waals surface area contributed by atoms with Crippen LogP contribution in [0.15, 0.2) is 5.38 Å². The van der Waals surface area contributed by atoms with Crippen molar-refractivity contribution >= 4 is 43.5 Å². The van der Waals surface area contributed by atoms with Gasteiger partial charge in [-0.2, -0.15) is 0 Å². The molecule has 41 heavy (non-hydrogen) atoms. The maximum atomic E-state index is 13.7. The third-order valence-electron chi connectivity index (χ3n) is 6.96. The number of esters is 1. The molecule has 3 N–H and O–H groups in total. The third-order valence-corrected chi connectivity index (χ3v) is 12.4. The summed E-state index contributed by atoms with van der Waals surface area (Å²) in [5, 5.41) is 10.3. The molecule has 0 saturated carbocycles. The quantitative estimate of drug-likeness (QED) is 0.209. The van der Waals surface area contributed by atoms with E-state index in [2.05, 4.69) is 54.8 Å². The number of alkyl carbamates (subject to hydrolysis) is 1. The van der Waals surface area contributed by atoms with Gasteiger partial charge in [-0.25, -0.2) is 14.6 Å². The highest BCUT2D eigenvalue weighted by Crippen LogP contribution is 2.36. The predicted octanol–water partition coefficient (Wildman–Crippen LogP) is 4.94. The number of hydrogen-bond donors (Lipinski definition) is 3. The van der Waals surface area contributed by atoms with E-state index in [1.165, 1.54) is 18.3 Å². The van der Waals surface area contributed by atoms with E-state index in [0.717, 1.165) is 6.42 Å². The highest BCUT2D eigenvalue weighted by molar-refractivity contribution is 7.09. The second-order valence-electron chi connectivity index (χ2n) is 12.7. The second-order valence-corrected chi connectivity index (χ2v) is 18.4. The van der Waals surface area contributed by atoms with Crippen LogP contribution in [0, 0.1) is 5.92 Å². The predicted molar refractivity (Wildman–Crippen MR) is 162 cm³/mol. The molecule has 0 saturated heterocycles. The number of carbonyl (C=O) groups excluding carboxylic acids is 4. The van der Waals surface area contributed by atoms with E-state index in [-0.39, 0.29) is 29.9 Å². The fourth-order valence-corrected chi connectivity index (χ4v) is 5.19. The highest BCUT2D eigenvalue weighted by Gasteiger charge is 2.39. The zero-order valence-electron chi connectivity index (χ0n) is 26.7. The molecular formula is C28H50N4O7SSi. The first kappa shape index (κ1) is 36.5. The van der Waals surface area contributed by atoms with Crippen molar-refractivity contribution in [2.24, 2.45) is 5.92 Å². The summed E-state index contributed by atoms with van der Waals surface area (Å²) >= 11 is 1.26. The molecule has 0 spiro atoms. The molecule has 0 aliphatic rings. The Morgan fingerprint density at radius 3 is 2.10 bits per heavy atom. The second kappa shape index (κ2) is 15.1. The summed E-state index contributed by atoms with van der Waals surface area (Å²) in [6.07, 6.45) is -0.00942. The Balaban J connectivity index is 3.21. The molecule has 0 aromatic carbocycles. The van der Waals surface area contributed by atoms with Crippen molar-refractivity contribution in [2.45, 2.75) is 118 Å². The number of amides is 3. The van der Waals surface area contributed by atoms with Crippen LogP contribution in [-0.2, 0) is 23.5 Å². The molecule has 4 atom stereocenters. The van der Waals surface area contributed by atoms with Gasteiger partial charge in [0.15, 0.2) is 14.0 Å². The molecule has 0 bridgehead atoms. The topological polar surface area (TPSA) is 145 Å². The Morgan fingerprint density at radius 2 is 1.59 bits per heavy atom. The van der Waals surface area contributed by atoms with Gasteiger partial charge in [-0.3, -0.25) is 9.59 Å². The molecule has 1 aromatic heterocycles. The van der Waals surface area contributed by atoms with Crippen LogP contribution < -0.4 is 16.0 Å². The summed E-state index contributed by atoms with van der Waals surface area (Å²) in [5.74, 6) is -1.57. The van der Waals surface area contributed by atoms with E-state index >= 15 is 0 Å². The van der Waals surface area contributed by atoms with Crippen molar-refractivity contribution in [2.75, 3.05) is 13.2 Å². The molecule has 0 aliphatic heterocycles. The zero-order chi connectivity index (χ0) is 31.8. The lowest BCUT2D eigenvalue weighted by Gasteiger charge is -2.37. The highest BCUT2D eigenvalue weighted by atomic mass is 32.1. The molecule has 13 heteroatoms. The fraction of sp³-hybridized carbons (Fsp3) is 0.750. The lowest BCUT2D eigenvalue weighted by Crippen LogP contribution is -2.56. The van der Waals surface area contributed by atoms with Crippen LogP contribution >= 0.6 is 11.3 Å². The summed E-state index contributed by atoms with van der Waals surface area (Å²) in [7, 11) is -2.28. The number of hydrogen-bond acceptors (Lipinski definition) is 9. The zero-order valence-corrected chi connectivity index (χ0v) is 28.5. The fourth-order valence-electron chi connectivity index (χ4n) is 3.20. The molecule has 0 unspecified atom stereocenters. The molecule has 234 valence electrons. The van der Waals surface area contributed by atoms with Crippen molar-refractivity contribution in [3.63, 3.8) is 0 Å². The van der Waals surface area contributed by atoms with Gasteiger partial charge in [0.2, 0.25) is 11.8 Å². The average molecular weight is 615 g/mol. The largest absolute Gasteiger partial charge is 0.461 e. The molecule has 1 aromatic rings. The number of thiazole rings is 1. The third kappa shape index (κ3) is 11.7. The number of rotatable bonds is 13. The number of nitrogens with zero attached hydrogens (tertiary/aromatic N) is 1. The van der Waals surface area contributed by atoms with E-state index < -0.39 is 55.9 Å². The maximum absolute atomic E-state index is 13.7. The Bertz CT molecular complexity index is 1050. The normalized spacial score (nSPS) is 15.2. The summed E-state index contributed by atoms with van der Waals surface area (Å²) in [4.78, 5) is 55.6. The van der Waals surface area contributed by atoms with Crippen molar-refractivity contribution in [3.05, 3.63) is 16.1 Å². The van der Waals surface area contributed by atoms with Gasteiger partial charge in [0.1, 0.15) is 22.7 Å². The molecular weight excluding hydrogens is 564 g/mol.